The molecular formula is C18H12O2. The van der Waals surface area contributed by atoms with Crippen LogP contribution in [-0.2, 0) is 0 Å². The predicted molar refractivity (Wildman–Crippen MR) is 82.3 cm³/mol. The first-order valence-electron chi connectivity index (χ1n) is 6.34. The summed E-state index contributed by atoms with van der Waals surface area (Å²) in [5.74, 6) is 0. The molecule has 0 radical (unpaired) electrons. The van der Waals surface area contributed by atoms with Crippen molar-refractivity contribution in [2.45, 2.75) is 0 Å². The molecule has 0 aliphatic carbocycles. The molecule has 0 heterocycles. The quantitative estimate of drug-likeness (QED) is 0.677. The Kier molecular flexibility index (Phi) is 2.92. The van der Waals surface area contributed by atoms with Gasteiger partial charge in [-0.25, -0.2) is 0 Å². The van der Waals surface area contributed by atoms with Crippen molar-refractivity contribution in [3.63, 3.8) is 0 Å². The van der Waals surface area contributed by atoms with Crippen LogP contribution in [0.15, 0.2) is 70.8 Å². The Hall–Kier alpha value is -2.74. The van der Waals surface area contributed by atoms with Gasteiger partial charge in [0.2, 0.25) is 10.9 Å². The third-order valence-electron chi connectivity index (χ3n) is 3.42. The number of benzene rings is 2. The van der Waals surface area contributed by atoms with E-state index >= 15 is 0 Å². The fraction of sp³-hybridized carbons (Fsp3) is 0. The van der Waals surface area contributed by atoms with E-state index in [1.165, 1.54) is 0 Å². The van der Waals surface area contributed by atoms with E-state index in [-0.39, 0.29) is 0 Å². The molecule has 0 aliphatic heterocycles. The summed E-state index contributed by atoms with van der Waals surface area (Å²) in [6.07, 6.45) is 1.70. The summed E-state index contributed by atoms with van der Waals surface area (Å²) in [4.78, 5) is 23.9. The first kappa shape index (κ1) is 12.3. The second-order valence-electron chi connectivity index (χ2n) is 4.57. The zero-order valence-electron chi connectivity index (χ0n) is 10.8. The van der Waals surface area contributed by atoms with Crippen LogP contribution in [0.3, 0.4) is 0 Å². The molecule has 0 fully saturated rings. The Morgan fingerprint density at radius 2 is 1.35 bits per heavy atom. The van der Waals surface area contributed by atoms with Gasteiger partial charge in [-0.1, -0.05) is 67.3 Å². The summed E-state index contributed by atoms with van der Waals surface area (Å²) in [6, 6.07) is 16.7. The van der Waals surface area contributed by atoms with E-state index in [4.69, 9.17) is 0 Å². The molecule has 0 spiro atoms. The van der Waals surface area contributed by atoms with Gasteiger partial charge in [0.05, 0.1) is 0 Å². The van der Waals surface area contributed by atoms with Crippen molar-refractivity contribution >= 4 is 6.08 Å². The van der Waals surface area contributed by atoms with Crippen LogP contribution in [0.25, 0.3) is 28.3 Å². The lowest BCUT2D eigenvalue weighted by molar-refractivity contribution is 1.39. The minimum absolute atomic E-state index is 0.412. The van der Waals surface area contributed by atoms with Gasteiger partial charge in [-0.3, -0.25) is 9.59 Å². The highest BCUT2D eigenvalue weighted by molar-refractivity contribution is 5.90. The van der Waals surface area contributed by atoms with Crippen LogP contribution in [0.1, 0.15) is 5.56 Å². The third-order valence-corrected chi connectivity index (χ3v) is 3.42. The van der Waals surface area contributed by atoms with Gasteiger partial charge < -0.3 is 0 Å². The first-order chi connectivity index (χ1) is 9.74. The zero-order chi connectivity index (χ0) is 14.1. The Morgan fingerprint density at radius 1 is 0.750 bits per heavy atom. The van der Waals surface area contributed by atoms with Crippen molar-refractivity contribution in [1.82, 2.24) is 0 Å². The molecule has 96 valence electrons. The highest BCUT2D eigenvalue weighted by Crippen LogP contribution is 2.30. The molecule has 0 aliphatic rings. The molecule has 2 heteroatoms. The molecule has 0 saturated carbocycles. The van der Waals surface area contributed by atoms with E-state index in [0.717, 1.165) is 16.7 Å². The van der Waals surface area contributed by atoms with Crippen LogP contribution in [0.4, 0.5) is 0 Å². The minimum atomic E-state index is -0.418. The van der Waals surface area contributed by atoms with E-state index in [0.29, 0.717) is 11.1 Å². The van der Waals surface area contributed by atoms with Crippen LogP contribution in [0.2, 0.25) is 0 Å². The summed E-state index contributed by atoms with van der Waals surface area (Å²) in [7, 11) is 0. The molecule has 20 heavy (non-hydrogen) atoms. The fourth-order valence-electron chi connectivity index (χ4n) is 2.43. The molecule has 0 amide bonds. The van der Waals surface area contributed by atoms with Crippen molar-refractivity contribution < 1.29 is 0 Å². The molecule has 0 saturated heterocycles. The largest absolute Gasteiger partial charge is 0.285 e. The van der Waals surface area contributed by atoms with E-state index in [1.54, 1.807) is 6.08 Å². The SMILES string of the molecule is C=Cc1ccccc1-c1c(-c2ccccc2)c(=O)c1=O. The van der Waals surface area contributed by atoms with Crippen molar-refractivity contribution in [1.29, 1.82) is 0 Å². The molecule has 2 nitrogen and oxygen atoms in total. The van der Waals surface area contributed by atoms with Crippen LogP contribution in [0.5, 0.6) is 0 Å². The topological polar surface area (TPSA) is 34.1 Å². The number of hydrogen-bond donors (Lipinski definition) is 0. The van der Waals surface area contributed by atoms with Gasteiger partial charge in [0.1, 0.15) is 0 Å². The monoisotopic (exact) mass is 260 g/mol. The Balaban J connectivity index is 2.27. The van der Waals surface area contributed by atoms with Gasteiger partial charge in [-0.15, -0.1) is 0 Å². The maximum absolute atomic E-state index is 12.0. The molecular weight excluding hydrogens is 248 g/mol. The lowest BCUT2D eigenvalue weighted by Crippen LogP contribution is -2.35. The molecule has 0 unspecified atom stereocenters. The van der Waals surface area contributed by atoms with Crippen LogP contribution in [-0.4, -0.2) is 0 Å². The van der Waals surface area contributed by atoms with Gasteiger partial charge in [0, 0.05) is 11.1 Å². The van der Waals surface area contributed by atoms with Crippen molar-refractivity contribution in [3.05, 3.63) is 87.2 Å². The zero-order valence-corrected chi connectivity index (χ0v) is 10.8. The summed E-state index contributed by atoms with van der Waals surface area (Å²) in [5, 5.41) is 0. The fourth-order valence-corrected chi connectivity index (χ4v) is 2.43. The molecule has 0 N–H and O–H groups in total. The summed E-state index contributed by atoms with van der Waals surface area (Å²) in [6.45, 7) is 3.76. The van der Waals surface area contributed by atoms with E-state index < -0.39 is 10.9 Å². The van der Waals surface area contributed by atoms with Crippen LogP contribution in [0, 0.1) is 0 Å². The summed E-state index contributed by atoms with van der Waals surface area (Å²) < 4.78 is 0. The second kappa shape index (κ2) is 4.74. The normalized spacial score (nSPS) is 10.6. The van der Waals surface area contributed by atoms with Gasteiger partial charge in [-0.05, 0) is 16.7 Å². The van der Waals surface area contributed by atoms with E-state index in [1.807, 2.05) is 54.6 Å². The molecule has 3 aromatic rings. The van der Waals surface area contributed by atoms with Crippen LogP contribution < -0.4 is 10.9 Å². The van der Waals surface area contributed by atoms with E-state index in [2.05, 4.69) is 6.58 Å². The van der Waals surface area contributed by atoms with Gasteiger partial charge in [0.25, 0.3) is 0 Å². The summed E-state index contributed by atoms with van der Waals surface area (Å²) >= 11 is 0. The smallest absolute Gasteiger partial charge is 0.234 e. The van der Waals surface area contributed by atoms with Crippen molar-refractivity contribution in [2.24, 2.45) is 0 Å². The molecule has 3 rings (SSSR count). The van der Waals surface area contributed by atoms with Crippen molar-refractivity contribution in [2.75, 3.05) is 0 Å². The first-order valence-corrected chi connectivity index (χ1v) is 6.34. The standard InChI is InChI=1S/C18H12O2/c1-2-12-8-6-7-11-14(12)16-15(17(19)18(16)20)13-9-4-3-5-10-13/h2-11H,1H2. The summed E-state index contributed by atoms with van der Waals surface area (Å²) in [5.41, 5.74) is 2.58. The molecule has 0 aromatic heterocycles. The highest BCUT2D eigenvalue weighted by Gasteiger charge is 2.24. The maximum atomic E-state index is 12.0. The van der Waals surface area contributed by atoms with Crippen LogP contribution >= 0.6 is 0 Å². The molecule has 0 atom stereocenters. The maximum Gasteiger partial charge on any atom is 0.234 e. The van der Waals surface area contributed by atoms with Gasteiger partial charge in [0.15, 0.2) is 0 Å². The average molecular weight is 260 g/mol. The minimum Gasteiger partial charge on any atom is -0.285 e. The Morgan fingerprint density at radius 3 is 2.05 bits per heavy atom. The Bertz CT molecular complexity index is 851. The second-order valence-corrected chi connectivity index (χ2v) is 4.57. The number of rotatable bonds is 3. The molecule has 3 aromatic carbocycles. The van der Waals surface area contributed by atoms with Gasteiger partial charge >= 0.3 is 0 Å². The molecule has 0 bridgehead atoms. The highest BCUT2D eigenvalue weighted by atomic mass is 16.2. The average Bonchev–Trinajstić information content (AvgIpc) is 2.52. The lowest BCUT2D eigenvalue weighted by atomic mass is 9.87. The van der Waals surface area contributed by atoms with Crippen molar-refractivity contribution in [3.8, 4) is 22.3 Å². The van der Waals surface area contributed by atoms with E-state index in [9.17, 15) is 9.59 Å². The number of hydrogen-bond acceptors (Lipinski definition) is 2. The van der Waals surface area contributed by atoms with Gasteiger partial charge in [-0.2, -0.15) is 0 Å². The third kappa shape index (κ3) is 1.74. The lowest BCUT2D eigenvalue weighted by Gasteiger charge is -2.13. The Labute approximate surface area is 116 Å². The predicted octanol–water partition coefficient (Wildman–Crippen LogP) is 3.26.